The van der Waals surface area contributed by atoms with E-state index in [-0.39, 0.29) is 19.1 Å². The molecule has 1 unspecified atom stereocenters. The highest BCUT2D eigenvalue weighted by Gasteiger charge is 2.22. The Labute approximate surface area is 112 Å². The fraction of sp³-hybridized carbons (Fsp3) is 0.429. The van der Waals surface area contributed by atoms with Crippen molar-refractivity contribution in [3.63, 3.8) is 0 Å². The quantitative estimate of drug-likeness (QED) is 0.820. The van der Waals surface area contributed by atoms with Crippen LogP contribution in [0.2, 0.25) is 0 Å². The summed E-state index contributed by atoms with van der Waals surface area (Å²) in [5, 5.41) is 17.8. The van der Waals surface area contributed by atoms with Gasteiger partial charge in [-0.2, -0.15) is 0 Å². The molecule has 1 rings (SSSR count). The number of carboxylic acids is 2. The highest BCUT2D eigenvalue weighted by Crippen LogP contribution is 2.24. The minimum atomic E-state index is -1.03. The summed E-state index contributed by atoms with van der Waals surface area (Å²) in [6.45, 7) is 5.13. The largest absolute Gasteiger partial charge is 0.480 e. The third-order valence-corrected chi connectivity index (χ3v) is 3.11. The molecule has 0 bridgehead atoms. The lowest BCUT2D eigenvalue weighted by Gasteiger charge is -2.27. The van der Waals surface area contributed by atoms with Crippen molar-refractivity contribution in [2.75, 3.05) is 13.1 Å². The smallest absolute Gasteiger partial charge is 0.317 e. The molecular formula is C14H19NO4. The summed E-state index contributed by atoms with van der Waals surface area (Å²) in [6, 6.07) is 5.65. The molecule has 2 N–H and O–H groups in total. The Morgan fingerprint density at radius 1 is 1.16 bits per heavy atom. The van der Waals surface area contributed by atoms with E-state index in [1.165, 1.54) is 4.90 Å². The molecule has 0 aromatic heterocycles. The van der Waals surface area contributed by atoms with Gasteiger partial charge in [-0.05, 0) is 31.9 Å². The van der Waals surface area contributed by atoms with Crippen molar-refractivity contribution in [1.29, 1.82) is 0 Å². The van der Waals surface area contributed by atoms with Crippen molar-refractivity contribution in [1.82, 2.24) is 4.90 Å². The predicted octanol–water partition coefficient (Wildman–Crippen LogP) is 1.84. The molecule has 0 saturated carbocycles. The van der Waals surface area contributed by atoms with E-state index in [9.17, 15) is 9.59 Å². The van der Waals surface area contributed by atoms with Crippen molar-refractivity contribution in [3.8, 4) is 0 Å². The number of carbonyl (C=O) groups is 2. The lowest BCUT2D eigenvalue weighted by Crippen LogP contribution is -2.36. The van der Waals surface area contributed by atoms with Crippen LogP contribution < -0.4 is 0 Å². The minimum absolute atomic E-state index is 0.257. The van der Waals surface area contributed by atoms with E-state index in [2.05, 4.69) is 0 Å². The molecule has 0 aliphatic carbocycles. The molecular weight excluding hydrogens is 246 g/mol. The van der Waals surface area contributed by atoms with Crippen LogP contribution in [0.3, 0.4) is 0 Å². The number of hydrogen-bond donors (Lipinski definition) is 2. The predicted molar refractivity (Wildman–Crippen MR) is 71.2 cm³/mol. The average molecular weight is 265 g/mol. The molecule has 19 heavy (non-hydrogen) atoms. The number of rotatable bonds is 6. The molecule has 1 aromatic rings. The Kier molecular flexibility index (Phi) is 5.06. The minimum Gasteiger partial charge on any atom is -0.480 e. The fourth-order valence-corrected chi connectivity index (χ4v) is 2.08. The molecule has 104 valence electrons. The maximum atomic E-state index is 10.8. The standard InChI is InChI=1S/C14H19NO4/c1-9-4-5-10(2)12(6-9)11(3)15(7-13(16)17)8-14(18)19/h4-6,11H,7-8H2,1-3H3,(H,16,17)(H,18,19). The summed E-state index contributed by atoms with van der Waals surface area (Å²) < 4.78 is 0. The molecule has 0 aliphatic rings. The van der Waals surface area contributed by atoms with Crippen LogP contribution in [0.25, 0.3) is 0 Å². The van der Waals surface area contributed by atoms with Crippen LogP contribution in [0.15, 0.2) is 18.2 Å². The Balaban J connectivity index is 3.03. The lowest BCUT2D eigenvalue weighted by atomic mass is 9.99. The number of nitrogens with zero attached hydrogens (tertiary/aromatic N) is 1. The molecule has 0 aliphatic heterocycles. The van der Waals surface area contributed by atoms with Crippen molar-refractivity contribution < 1.29 is 19.8 Å². The van der Waals surface area contributed by atoms with Crippen molar-refractivity contribution in [2.45, 2.75) is 26.8 Å². The Hall–Kier alpha value is -1.88. The monoisotopic (exact) mass is 265 g/mol. The summed E-state index contributed by atoms with van der Waals surface area (Å²) in [7, 11) is 0. The first kappa shape index (κ1) is 15.2. The number of hydrogen-bond acceptors (Lipinski definition) is 3. The van der Waals surface area contributed by atoms with Gasteiger partial charge in [0.2, 0.25) is 0 Å². The second kappa shape index (κ2) is 6.33. The average Bonchev–Trinajstić information content (AvgIpc) is 2.29. The van der Waals surface area contributed by atoms with Crippen molar-refractivity contribution in [3.05, 3.63) is 34.9 Å². The molecule has 1 aromatic carbocycles. The zero-order chi connectivity index (χ0) is 14.6. The van der Waals surface area contributed by atoms with Crippen molar-refractivity contribution >= 4 is 11.9 Å². The third kappa shape index (κ3) is 4.37. The first-order valence-electron chi connectivity index (χ1n) is 6.06. The van der Waals surface area contributed by atoms with E-state index in [1.54, 1.807) is 0 Å². The third-order valence-electron chi connectivity index (χ3n) is 3.11. The van der Waals surface area contributed by atoms with Crippen LogP contribution in [0.4, 0.5) is 0 Å². The molecule has 0 fully saturated rings. The summed E-state index contributed by atoms with van der Waals surface area (Å²) >= 11 is 0. The molecule has 5 nitrogen and oxygen atoms in total. The number of aryl methyl sites for hydroxylation is 2. The van der Waals surface area contributed by atoms with Crippen LogP contribution >= 0.6 is 0 Å². The van der Waals surface area contributed by atoms with E-state index < -0.39 is 11.9 Å². The topological polar surface area (TPSA) is 77.8 Å². The lowest BCUT2D eigenvalue weighted by molar-refractivity contribution is -0.142. The van der Waals surface area contributed by atoms with E-state index in [1.807, 2.05) is 39.0 Å². The van der Waals surface area contributed by atoms with Gasteiger partial charge >= 0.3 is 11.9 Å². The van der Waals surface area contributed by atoms with Crippen molar-refractivity contribution in [2.24, 2.45) is 0 Å². The molecule has 1 atom stereocenters. The maximum absolute atomic E-state index is 10.8. The van der Waals surface area contributed by atoms with Gasteiger partial charge in [0, 0.05) is 6.04 Å². The van der Waals surface area contributed by atoms with Gasteiger partial charge in [-0.15, -0.1) is 0 Å². The number of carboxylic acid groups (broad SMARTS) is 2. The van der Waals surface area contributed by atoms with Crippen LogP contribution in [-0.2, 0) is 9.59 Å². The van der Waals surface area contributed by atoms with Gasteiger partial charge in [0.05, 0.1) is 13.1 Å². The first-order valence-corrected chi connectivity index (χ1v) is 6.06. The van der Waals surface area contributed by atoms with Gasteiger partial charge in [-0.1, -0.05) is 23.8 Å². The van der Waals surface area contributed by atoms with E-state index in [0.717, 1.165) is 16.7 Å². The van der Waals surface area contributed by atoms with Gasteiger partial charge in [0.1, 0.15) is 0 Å². The van der Waals surface area contributed by atoms with Crippen LogP contribution in [0.1, 0.15) is 29.7 Å². The van der Waals surface area contributed by atoms with Gasteiger partial charge in [-0.3, -0.25) is 14.5 Å². The molecule has 0 amide bonds. The molecule has 0 spiro atoms. The molecule has 0 saturated heterocycles. The van der Waals surface area contributed by atoms with Crippen LogP contribution in [0.5, 0.6) is 0 Å². The second-order valence-electron chi connectivity index (χ2n) is 4.73. The Morgan fingerprint density at radius 3 is 2.16 bits per heavy atom. The van der Waals surface area contributed by atoms with E-state index >= 15 is 0 Å². The van der Waals surface area contributed by atoms with Gasteiger partial charge in [0.25, 0.3) is 0 Å². The fourth-order valence-electron chi connectivity index (χ4n) is 2.08. The SMILES string of the molecule is Cc1ccc(C)c(C(C)N(CC(=O)O)CC(=O)O)c1. The molecule has 0 radical (unpaired) electrons. The highest BCUT2D eigenvalue weighted by molar-refractivity contribution is 5.72. The number of benzene rings is 1. The van der Waals surface area contributed by atoms with Crippen LogP contribution in [0, 0.1) is 13.8 Å². The van der Waals surface area contributed by atoms with E-state index in [4.69, 9.17) is 10.2 Å². The van der Waals surface area contributed by atoms with Gasteiger partial charge in [-0.25, -0.2) is 0 Å². The molecule has 5 heteroatoms. The zero-order valence-electron chi connectivity index (χ0n) is 11.4. The Morgan fingerprint density at radius 2 is 1.68 bits per heavy atom. The Bertz CT molecular complexity index is 468. The summed E-state index contributed by atoms with van der Waals surface area (Å²) in [6.07, 6.45) is 0. The second-order valence-corrected chi connectivity index (χ2v) is 4.73. The summed E-state index contributed by atoms with van der Waals surface area (Å²) in [5.74, 6) is -2.06. The number of aliphatic carboxylic acids is 2. The highest BCUT2D eigenvalue weighted by atomic mass is 16.4. The molecule has 0 heterocycles. The summed E-state index contributed by atoms with van der Waals surface area (Å²) in [5.41, 5.74) is 3.06. The zero-order valence-corrected chi connectivity index (χ0v) is 11.4. The normalized spacial score (nSPS) is 12.4. The summed E-state index contributed by atoms with van der Waals surface area (Å²) in [4.78, 5) is 23.1. The first-order chi connectivity index (χ1) is 8.81. The maximum Gasteiger partial charge on any atom is 0.317 e. The van der Waals surface area contributed by atoms with Crippen LogP contribution in [-0.4, -0.2) is 40.1 Å². The van der Waals surface area contributed by atoms with Gasteiger partial charge < -0.3 is 10.2 Å². The van der Waals surface area contributed by atoms with Gasteiger partial charge in [0.15, 0.2) is 0 Å². The van der Waals surface area contributed by atoms with E-state index in [0.29, 0.717) is 0 Å².